The number of carboxylic acids is 1. The number of carbonyl (C=O) groups is 2. The van der Waals surface area contributed by atoms with Crippen LogP contribution in [0.25, 0.3) is 0 Å². The van der Waals surface area contributed by atoms with Crippen LogP contribution in [-0.2, 0) is 9.59 Å². The van der Waals surface area contributed by atoms with E-state index in [1.165, 1.54) is 0 Å². The third-order valence-corrected chi connectivity index (χ3v) is 2.91. The highest BCUT2D eigenvalue weighted by atomic mass is 16.4. The quantitative estimate of drug-likeness (QED) is 0.688. The first-order valence-electron chi connectivity index (χ1n) is 6.41. The second-order valence-corrected chi connectivity index (χ2v) is 4.44. The van der Waals surface area contributed by atoms with E-state index in [-0.39, 0.29) is 5.91 Å². The van der Waals surface area contributed by atoms with Gasteiger partial charge in [0.1, 0.15) is 0 Å². The van der Waals surface area contributed by atoms with Gasteiger partial charge >= 0.3 is 5.97 Å². The molecule has 0 spiro atoms. The average molecular weight is 264 g/mol. The molecule has 1 aromatic carbocycles. The van der Waals surface area contributed by atoms with Crippen molar-refractivity contribution in [2.75, 3.05) is 11.1 Å². The van der Waals surface area contributed by atoms with Gasteiger partial charge in [0.25, 0.3) is 0 Å². The summed E-state index contributed by atoms with van der Waals surface area (Å²) in [6, 6.07) is 4.92. The Morgan fingerprint density at radius 2 is 2.05 bits per heavy atom. The van der Waals surface area contributed by atoms with Gasteiger partial charge in [0.2, 0.25) is 5.91 Å². The smallest absolute Gasteiger partial charge is 0.311 e. The highest BCUT2D eigenvalue weighted by molar-refractivity contribution is 5.93. The number of anilines is 2. The number of amides is 1. The van der Waals surface area contributed by atoms with Gasteiger partial charge in [-0.3, -0.25) is 9.59 Å². The van der Waals surface area contributed by atoms with Gasteiger partial charge in [-0.1, -0.05) is 19.9 Å². The van der Waals surface area contributed by atoms with E-state index < -0.39 is 11.9 Å². The summed E-state index contributed by atoms with van der Waals surface area (Å²) in [6.45, 7) is 3.71. The van der Waals surface area contributed by atoms with Crippen LogP contribution in [0.4, 0.5) is 11.4 Å². The molecule has 1 aromatic rings. The number of rotatable bonds is 6. The topological polar surface area (TPSA) is 92.4 Å². The fourth-order valence-electron chi connectivity index (χ4n) is 1.95. The molecular weight excluding hydrogens is 244 g/mol. The third-order valence-electron chi connectivity index (χ3n) is 2.91. The van der Waals surface area contributed by atoms with Crippen LogP contribution in [0.15, 0.2) is 18.2 Å². The SMILES string of the molecule is CCCC(=O)Nc1cc(N)ccc1C(CC)C(=O)O. The molecule has 0 aliphatic rings. The highest BCUT2D eigenvalue weighted by Gasteiger charge is 2.21. The zero-order valence-electron chi connectivity index (χ0n) is 11.3. The Bertz CT molecular complexity index is 472. The molecule has 0 saturated heterocycles. The lowest BCUT2D eigenvalue weighted by atomic mass is 9.94. The second kappa shape index (κ2) is 6.78. The molecule has 4 N–H and O–H groups in total. The molecule has 0 radical (unpaired) electrons. The maximum absolute atomic E-state index is 11.7. The zero-order valence-corrected chi connectivity index (χ0v) is 11.3. The molecule has 0 aliphatic heterocycles. The lowest BCUT2D eigenvalue weighted by molar-refractivity contribution is -0.138. The summed E-state index contributed by atoms with van der Waals surface area (Å²) in [5.74, 6) is -1.68. The number of benzene rings is 1. The molecule has 0 heterocycles. The van der Waals surface area contributed by atoms with Crippen LogP contribution in [0.1, 0.15) is 44.6 Å². The van der Waals surface area contributed by atoms with Gasteiger partial charge in [0.05, 0.1) is 5.92 Å². The molecule has 104 valence electrons. The van der Waals surface area contributed by atoms with Gasteiger partial charge in [0, 0.05) is 17.8 Å². The zero-order chi connectivity index (χ0) is 14.4. The Hall–Kier alpha value is -2.04. The van der Waals surface area contributed by atoms with Gasteiger partial charge in [-0.2, -0.15) is 0 Å². The minimum Gasteiger partial charge on any atom is -0.481 e. The molecule has 0 aromatic heterocycles. The first kappa shape index (κ1) is 15.0. The van der Waals surface area contributed by atoms with E-state index in [9.17, 15) is 14.7 Å². The molecule has 19 heavy (non-hydrogen) atoms. The summed E-state index contributed by atoms with van der Waals surface area (Å²) in [7, 11) is 0. The Balaban J connectivity index is 3.10. The van der Waals surface area contributed by atoms with Gasteiger partial charge < -0.3 is 16.2 Å². The molecular formula is C14H20N2O3. The van der Waals surface area contributed by atoms with Crippen molar-refractivity contribution in [3.63, 3.8) is 0 Å². The Morgan fingerprint density at radius 1 is 1.37 bits per heavy atom. The standard InChI is InChI=1S/C14H20N2O3/c1-3-5-13(17)16-12-8-9(15)6-7-11(12)10(4-2)14(18)19/h6-8,10H,3-5,15H2,1-2H3,(H,16,17)(H,18,19). The van der Waals surface area contributed by atoms with Crippen molar-refractivity contribution in [1.82, 2.24) is 0 Å². The van der Waals surface area contributed by atoms with Crippen LogP contribution in [-0.4, -0.2) is 17.0 Å². The molecule has 1 unspecified atom stereocenters. The molecule has 0 fully saturated rings. The van der Waals surface area contributed by atoms with Crippen molar-refractivity contribution >= 4 is 23.3 Å². The summed E-state index contributed by atoms with van der Waals surface area (Å²) < 4.78 is 0. The van der Waals surface area contributed by atoms with Gasteiger partial charge in [-0.25, -0.2) is 0 Å². The monoisotopic (exact) mass is 264 g/mol. The summed E-state index contributed by atoms with van der Waals surface area (Å²) in [4.78, 5) is 22.9. The summed E-state index contributed by atoms with van der Waals surface area (Å²) >= 11 is 0. The number of nitrogens with two attached hydrogens (primary N) is 1. The van der Waals surface area contributed by atoms with Crippen LogP contribution < -0.4 is 11.1 Å². The fraction of sp³-hybridized carbons (Fsp3) is 0.429. The van der Waals surface area contributed by atoms with Crippen LogP contribution >= 0.6 is 0 Å². The van der Waals surface area contributed by atoms with Gasteiger partial charge in [-0.05, 0) is 30.5 Å². The Morgan fingerprint density at radius 3 is 2.58 bits per heavy atom. The predicted octanol–water partition coefficient (Wildman–Crippen LogP) is 2.59. The summed E-state index contributed by atoms with van der Waals surface area (Å²) in [5, 5.41) is 12.0. The van der Waals surface area contributed by atoms with Crippen LogP contribution in [0.3, 0.4) is 0 Å². The molecule has 0 bridgehead atoms. The number of hydrogen-bond donors (Lipinski definition) is 3. The molecule has 0 aliphatic carbocycles. The van der Waals surface area contributed by atoms with Gasteiger partial charge in [0.15, 0.2) is 0 Å². The Labute approximate surface area is 112 Å². The van der Waals surface area contributed by atoms with E-state index in [2.05, 4.69) is 5.32 Å². The Kier molecular flexibility index (Phi) is 5.36. The first-order chi connectivity index (χ1) is 8.99. The van der Waals surface area contributed by atoms with E-state index >= 15 is 0 Å². The predicted molar refractivity (Wildman–Crippen MR) is 75.1 cm³/mol. The lowest BCUT2D eigenvalue weighted by Gasteiger charge is -2.16. The fourth-order valence-corrected chi connectivity index (χ4v) is 1.95. The number of nitrogen functional groups attached to an aromatic ring is 1. The van der Waals surface area contributed by atoms with Crippen molar-refractivity contribution in [3.05, 3.63) is 23.8 Å². The maximum atomic E-state index is 11.7. The number of carbonyl (C=O) groups excluding carboxylic acids is 1. The van der Waals surface area contributed by atoms with Crippen molar-refractivity contribution in [3.8, 4) is 0 Å². The van der Waals surface area contributed by atoms with Crippen molar-refractivity contribution < 1.29 is 14.7 Å². The molecule has 1 amide bonds. The lowest BCUT2D eigenvalue weighted by Crippen LogP contribution is -2.17. The highest BCUT2D eigenvalue weighted by Crippen LogP contribution is 2.29. The van der Waals surface area contributed by atoms with Crippen molar-refractivity contribution in [1.29, 1.82) is 0 Å². The van der Waals surface area contributed by atoms with Gasteiger partial charge in [-0.15, -0.1) is 0 Å². The number of nitrogens with one attached hydrogen (secondary N) is 1. The molecule has 5 nitrogen and oxygen atoms in total. The molecule has 1 rings (SSSR count). The third kappa shape index (κ3) is 3.98. The van der Waals surface area contributed by atoms with Crippen LogP contribution in [0.2, 0.25) is 0 Å². The van der Waals surface area contributed by atoms with Crippen LogP contribution in [0, 0.1) is 0 Å². The van der Waals surface area contributed by atoms with Crippen LogP contribution in [0.5, 0.6) is 0 Å². The number of aliphatic carboxylic acids is 1. The number of hydrogen-bond acceptors (Lipinski definition) is 3. The first-order valence-corrected chi connectivity index (χ1v) is 6.41. The largest absolute Gasteiger partial charge is 0.481 e. The van der Waals surface area contributed by atoms with E-state index in [4.69, 9.17) is 5.73 Å². The minimum absolute atomic E-state index is 0.130. The summed E-state index contributed by atoms with van der Waals surface area (Å²) in [5.41, 5.74) is 7.28. The normalized spacial score (nSPS) is 11.9. The number of carboxylic acid groups (broad SMARTS) is 1. The van der Waals surface area contributed by atoms with E-state index in [0.717, 1.165) is 6.42 Å². The molecule has 1 atom stereocenters. The van der Waals surface area contributed by atoms with E-state index in [0.29, 0.717) is 29.8 Å². The molecule has 5 heteroatoms. The van der Waals surface area contributed by atoms with Crippen molar-refractivity contribution in [2.24, 2.45) is 0 Å². The van der Waals surface area contributed by atoms with E-state index in [1.54, 1.807) is 25.1 Å². The minimum atomic E-state index is -0.904. The maximum Gasteiger partial charge on any atom is 0.311 e. The average Bonchev–Trinajstić information content (AvgIpc) is 2.32. The second-order valence-electron chi connectivity index (χ2n) is 4.44. The van der Waals surface area contributed by atoms with Crippen molar-refractivity contribution in [2.45, 2.75) is 39.0 Å². The summed E-state index contributed by atoms with van der Waals surface area (Å²) in [6.07, 6.45) is 1.59. The van der Waals surface area contributed by atoms with E-state index in [1.807, 2.05) is 6.92 Å². The molecule has 0 saturated carbocycles.